The van der Waals surface area contributed by atoms with E-state index in [0.717, 1.165) is 31.5 Å². The first-order valence-corrected chi connectivity index (χ1v) is 6.92. The minimum atomic E-state index is -0.840. The summed E-state index contributed by atoms with van der Waals surface area (Å²) >= 11 is 2.99. The molecule has 0 radical (unpaired) electrons. The molecule has 1 saturated heterocycles. The van der Waals surface area contributed by atoms with Crippen molar-refractivity contribution in [3.63, 3.8) is 0 Å². The monoisotopic (exact) mass is 332 g/mol. The smallest absolute Gasteiger partial charge is 0.259 e. The summed E-state index contributed by atoms with van der Waals surface area (Å²) in [5, 5.41) is 3.17. The van der Waals surface area contributed by atoms with Crippen molar-refractivity contribution in [1.29, 1.82) is 0 Å². The topological polar surface area (TPSA) is 32.3 Å². The predicted octanol–water partition coefficient (Wildman–Crippen LogP) is 2.55. The van der Waals surface area contributed by atoms with Crippen LogP contribution < -0.4 is 5.32 Å². The number of likely N-dealkylation sites (N-methyl/N-ethyl adjacent to an activating group) is 1. The van der Waals surface area contributed by atoms with Crippen LogP contribution in [0.1, 0.15) is 23.2 Å². The molecule has 3 nitrogen and oxygen atoms in total. The van der Waals surface area contributed by atoms with Crippen LogP contribution in [0, 0.1) is 11.6 Å². The van der Waals surface area contributed by atoms with Crippen molar-refractivity contribution in [2.45, 2.75) is 18.9 Å². The molecule has 2 rings (SSSR count). The van der Waals surface area contributed by atoms with Gasteiger partial charge in [-0.25, -0.2) is 8.78 Å². The van der Waals surface area contributed by atoms with Crippen molar-refractivity contribution < 1.29 is 13.6 Å². The molecular formula is C13H15BrF2N2O. The van der Waals surface area contributed by atoms with E-state index in [1.807, 2.05) is 0 Å². The van der Waals surface area contributed by atoms with Crippen molar-refractivity contribution in [3.05, 3.63) is 33.8 Å². The molecule has 0 spiro atoms. The molecule has 1 aromatic rings. The van der Waals surface area contributed by atoms with E-state index in [1.165, 1.54) is 4.90 Å². The van der Waals surface area contributed by atoms with Gasteiger partial charge in [0.25, 0.3) is 5.91 Å². The average Bonchev–Trinajstić information content (AvgIpc) is 2.37. The van der Waals surface area contributed by atoms with E-state index in [9.17, 15) is 13.6 Å². The third-order valence-electron chi connectivity index (χ3n) is 3.36. The Morgan fingerprint density at radius 1 is 1.42 bits per heavy atom. The molecule has 1 aromatic carbocycles. The molecule has 19 heavy (non-hydrogen) atoms. The molecule has 0 aliphatic carbocycles. The second-order valence-electron chi connectivity index (χ2n) is 4.66. The summed E-state index contributed by atoms with van der Waals surface area (Å²) in [6.45, 7) is 1.57. The molecule has 0 bridgehead atoms. The van der Waals surface area contributed by atoms with Crippen LogP contribution in [0.25, 0.3) is 0 Å². The SMILES string of the molecule is CN(C(=O)c1c(F)cc(Br)cc1F)C1CCCNC1. The Bertz CT molecular complexity index is 467. The number of piperidine rings is 1. The molecule has 1 N–H and O–H groups in total. The fourth-order valence-electron chi connectivity index (χ4n) is 2.25. The van der Waals surface area contributed by atoms with Crippen molar-refractivity contribution in [3.8, 4) is 0 Å². The highest BCUT2D eigenvalue weighted by Gasteiger charge is 2.27. The molecule has 1 atom stereocenters. The van der Waals surface area contributed by atoms with E-state index >= 15 is 0 Å². The first kappa shape index (κ1) is 14.4. The van der Waals surface area contributed by atoms with Crippen molar-refractivity contribution in [2.24, 2.45) is 0 Å². The number of hydrogen-bond acceptors (Lipinski definition) is 2. The van der Waals surface area contributed by atoms with E-state index < -0.39 is 23.1 Å². The van der Waals surface area contributed by atoms with E-state index in [2.05, 4.69) is 21.2 Å². The van der Waals surface area contributed by atoms with Gasteiger partial charge in [0.2, 0.25) is 0 Å². The number of nitrogens with zero attached hydrogens (tertiary/aromatic N) is 1. The van der Waals surface area contributed by atoms with Crippen LogP contribution in [0.5, 0.6) is 0 Å². The van der Waals surface area contributed by atoms with E-state index in [0.29, 0.717) is 6.54 Å². The molecular weight excluding hydrogens is 318 g/mol. The number of benzene rings is 1. The van der Waals surface area contributed by atoms with Crippen LogP contribution in [-0.2, 0) is 0 Å². The molecule has 1 amide bonds. The van der Waals surface area contributed by atoms with Crippen molar-refractivity contribution in [1.82, 2.24) is 10.2 Å². The quantitative estimate of drug-likeness (QED) is 0.902. The van der Waals surface area contributed by atoms with E-state index in [1.54, 1.807) is 7.05 Å². The number of nitrogens with one attached hydrogen (secondary N) is 1. The van der Waals surface area contributed by atoms with Gasteiger partial charge >= 0.3 is 0 Å². The zero-order valence-corrected chi connectivity index (χ0v) is 12.1. The van der Waals surface area contributed by atoms with Gasteiger partial charge in [-0.3, -0.25) is 4.79 Å². The lowest BCUT2D eigenvalue weighted by Crippen LogP contribution is -2.47. The van der Waals surface area contributed by atoms with Crippen molar-refractivity contribution in [2.75, 3.05) is 20.1 Å². The molecule has 0 aromatic heterocycles. The fraction of sp³-hybridized carbons (Fsp3) is 0.462. The van der Waals surface area contributed by atoms with Gasteiger partial charge in [0.1, 0.15) is 17.2 Å². The van der Waals surface area contributed by atoms with Gasteiger partial charge in [-0.15, -0.1) is 0 Å². The Morgan fingerprint density at radius 2 is 2.05 bits per heavy atom. The number of rotatable bonds is 2. The number of carbonyl (C=O) groups excluding carboxylic acids is 1. The van der Waals surface area contributed by atoms with Crippen LogP contribution >= 0.6 is 15.9 Å². The number of hydrogen-bond donors (Lipinski definition) is 1. The lowest BCUT2D eigenvalue weighted by molar-refractivity contribution is 0.0698. The predicted molar refractivity (Wildman–Crippen MR) is 72.0 cm³/mol. The van der Waals surface area contributed by atoms with Gasteiger partial charge in [-0.1, -0.05) is 15.9 Å². The zero-order valence-electron chi connectivity index (χ0n) is 10.5. The standard InChI is InChI=1S/C13H15BrF2N2O/c1-18(9-3-2-4-17-7-9)13(19)12-10(15)5-8(14)6-11(12)16/h5-6,9,17H,2-4,7H2,1H3. The Kier molecular flexibility index (Phi) is 4.52. The lowest BCUT2D eigenvalue weighted by Gasteiger charge is -2.31. The van der Waals surface area contributed by atoms with E-state index in [4.69, 9.17) is 0 Å². The minimum absolute atomic E-state index is 0.0244. The maximum atomic E-state index is 13.8. The maximum Gasteiger partial charge on any atom is 0.259 e. The highest BCUT2D eigenvalue weighted by Crippen LogP contribution is 2.22. The second-order valence-corrected chi connectivity index (χ2v) is 5.58. The molecule has 1 aliphatic rings. The van der Waals surface area contributed by atoms with Gasteiger partial charge in [0, 0.05) is 24.1 Å². The fourth-order valence-corrected chi connectivity index (χ4v) is 2.65. The van der Waals surface area contributed by atoms with Crippen LogP contribution in [0.2, 0.25) is 0 Å². The number of amides is 1. The summed E-state index contributed by atoms with van der Waals surface area (Å²) in [5.41, 5.74) is -0.490. The van der Waals surface area contributed by atoms with Crippen LogP contribution in [0.15, 0.2) is 16.6 Å². The summed E-state index contributed by atoms with van der Waals surface area (Å²) in [6.07, 6.45) is 1.79. The normalized spacial score (nSPS) is 19.3. The Labute approximate surface area is 119 Å². The number of halogens is 3. The molecule has 1 aliphatic heterocycles. The summed E-state index contributed by atoms with van der Waals surface area (Å²) in [7, 11) is 1.58. The molecule has 6 heteroatoms. The third-order valence-corrected chi connectivity index (χ3v) is 3.82. The summed E-state index contributed by atoms with van der Waals surface area (Å²) in [6, 6.07) is 2.18. The summed E-state index contributed by atoms with van der Waals surface area (Å²) in [5.74, 6) is -2.30. The van der Waals surface area contributed by atoms with Crippen LogP contribution in [0.4, 0.5) is 8.78 Å². The molecule has 1 unspecified atom stereocenters. The molecule has 0 saturated carbocycles. The Balaban J connectivity index is 2.23. The summed E-state index contributed by atoms with van der Waals surface area (Å²) < 4.78 is 27.8. The Morgan fingerprint density at radius 3 is 2.58 bits per heavy atom. The van der Waals surface area contributed by atoms with E-state index in [-0.39, 0.29) is 10.5 Å². The highest BCUT2D eigenvalue weighted by atomic mass is 79.9. The minimum Gasteiger partial charge on any atom is -0.337 e. The molecule has 104 valence electrons. The van der Waals surface area contributed by atoms with Crippen molar-refractivity contribution >= 4 is 21.8 Å². The highest BCUT2D eigenvalue weighted by molar-refractivity contribution is 9.10. The van der Waals surface area contributed by atoms with Gasteiger partial charge < -0.3 is 10.2 Å². The van der Waals surface area contributed by atoms with Gasteiger partial charge in [0.05, 0.1) is 0 Å². The summed E-state index contributed by atoms with van der Waals surface area (Å²) in [4.78, 5) is 13.6. The van der Waals surface area contributed by atoms with Crippen LogP contribution in [0.3, 0.4) is 0 Å². The van der Waals surface area contributed by atoms with Crippen LogP contribution in [-0.4, -0.2) is 37.0 Å². The Hall–Kier alpha value is -1.01. The van der Waals surface area contributed by atoms with Gasteiger partial charge in [-0.05, 0) is 31.5 Å². The largest absolute Gasteiger partial charge is 0.337 e. The lowest BCUT2D eigenvalue weighted by atomic mass is 10.0. The van der Waals surface area contributed by atoms with Gasteiger partial charge in [-0.2, -0.15) is 0 Å². The first-order valence-electron chi connectivity index (χ1n) is 6.13. The third kappa shape index (κ3) is 3.12. The molecule has 1 heterocycles. The second kappa shape index (κ2) is 5.96. The zero-order chi connectivity index (χ0) is 14.0. The maximum absolute atomic E-state index is 13.8. The van der Waals surface area contributed by atoms with Gasteiger partial charge in [0.15, 0.2) is 0 Å². The molecule has 1 fully saturated rings. The first-order chi connectivity index (χ1) is 9.00. The average molecular weight is 333 g/mol. The number of carbonyl (C=O) groups is 1.